The van der Waals surface area contributed by atoms with Crippen molar-refractivity contribution in [3.8, 4) is 0 Å². The van der Waals surface area contributed by atoms with E-state index in [1.807, 2.05) is 50.2 Å². The van der Waals surface area contributed by atoms with Crippen LogP contribution in [0.5, 0.6) is 0 Å². The average molecular weight is 451 g/mol. The van der Waals surface area contributed by atoms with Gasteiger partial charge in [-0.2, -0.15) is 0 Å². The van der Waals surface area contributed by atoms with Gasteiger partial charge in [0.15, 0.2) is 0 Å². The highest BCUT2D eigenvalue weighted by Crippen LogP contribution is 2.44. The van der Waals surface area contributed by atoms with Crippen LogP contribution in [0.4, 0.5) is 0 Å². The molecule has 1 amide bonds. The maximum Gasteiger partial charge on any atom is 0.223 e. The van der Waals surface area contributed by atoms with Gasteiger partial charge >= 0.3 is 0 Å². The highest BCUT2D eigenvalue weighted by molar-refractivity contribution is 5.78. The molecule has 4 rings (SSSR count). The summed E-state index contributed by atoms with van der Waals surface area (Å²) in [6.07, 6.45) is 5.88. The predicted molar refractivity (Wildman–Crippen MR) is 131 cm³/mol. The first-order valence-electron chi connectivity index (χ1n) is 12.4. The second-order valence-electron chi connectivity index (χ2n) is 10.4. The minimum Gasteiger partial charge on any atom is -0.632 e. The number of likely N-dealkylation sites (tertiary alicyclic amines) is 2. The van der Waals surface area contributed by atoms with Gasteiger partial charge in [-0.1, -0.05) is 50.2 Å². The minimum atomic E-state index is -0.131. The predicted octanol–water partition coefficient (Wildman–Crippen LogP) is 4.29. The molecule has 0 radical (unpaired) electrons. The maximum atomic E-state index is 13.4. The fraction of sp³-hybridized carbons (Fsp3) is 0.556. The topological polar surface area (TPSA) is 68.3 Å². The van der Waals surface area contributed by atoms with Gasteiger partial charge in [-0.25, -0.2) is 0 Å². The number of hydrogen-bond donors (Lipinski definition) is 1. The van der Waals surface area contributed by atoms with E-state index in [-0.39, 0.29) is 27.9 Å². The van der Waals surface area contributed by atoms with E-state index in [1.54, 1.807) is 6.20 Å². The van der Waals surface area contributed by atoms with Gasteiger partial charge in [0.05, 0.1) is 24.8 Å². The van der Waals surface area contributed by atoms with Crippen LogP contribution in [0.25, 0.3) is 0 Å². The van der Waals surface area contributed by atoms with Crippen LogP contribution in [-0.4, -0.2) is 53.2 Å². The number of nitrogens with zero attached hydrogens (tertiary/aromatic N) is 3. The van der Waals surface area contributed by atoms with Gasteiger partial charge in [-0.05, 0) is 50.0 Å². The van der Waals surface area contributed by atoms with Crippen LogP contribution in [0, 0.1) is 16.5 Å². The van der Waals surface area contributed by atoms with Gasteiger partial charge in [-0.15, -0.1) is 0 Å². The number of carbonyl (C=O) groups excluding carboxylic acids is 1. The Hall–Kier alpha value is -2.28. The lowest BCUT2D eigenvalue weighted by Crippen LogP contribution is -2.46. The van der Waals surface area contributed by atoms with Gasteiger partial charge in [-0.3, -0.25) is 9.78 Å². The van der Waals surface area contributed by atoms with Crippen molar-refractivity contribution in [1.29, 1.82) is 0 Å². The monoisotopic (exact) mass is 450 g/mol. The Morgan fingerprint density at radius 1 is 1.12 bits per heavy atom. The maximum absolute atomic E-state index is 13.4. The number of hydrogen-bond acceptors (Lipinski definition) is 4. The molecule has 2 atom stereocenters. The molecule has 2 aliphatic heterocycles. The lowest BCUT2D eigenvalue weighted by molar-refractivity contribution is -0.885. The molecule has 6 nitrogen and oxygen atoms in total. The molecular weight excluding hydrogens is 412 g/mol. The Bertz CT molecular complexity index is 897. The highest BCUT2D eigenvalue weighted by Gasteiger charge is 2.46. The summed E-state index contributed by atoms with van der Waals surface area (Å²) in [7, 11) is 0. The Labute approximate surface area is 198 Å². The molecule has 1 spiro atoms. The van der Waals surface area contributed by atoms with Crippen molar-refractivity contribution in [3.05, 3.63) is 71.2 Å². The van der Waals surface area contributed by atoms with Crippen LogP contribution in [0.3, 0.4) is 0 Å². The number of hydroxylamine groups is 3. The first-order chi connectivity index (χ1) is 15.9. The molecule has 3 heterocycles. The Morgan fingerprint density at radius 2 is 1.85 bits per heavy atom. The Balaban J connectivity index is 1.30. The number of nitrogens with one attached hydrogen (secondary N) is 1. The Morgan fingerprint density at radius 3 is 2.52 bits per heavy atom. The van der Waals surface area contributed by atoms with E-state index >= 15 is 0 Å². The number of benzene rings is 1. The van der Waals surface area contributed by atoms with E-state index in [0.29, 0.717) is 19.6 Å². The number of pyridine rings is 1. The number of amides is 1. The summed E-state index contributed by atoms with van der Waals surface area (Å²) in [5.74, 6) is 0.0786. The van der Waals surface area contributed by atoms with Crippen LogP contribution in [0.2, 0.25) is 0 Å². The number of piperidine rings is 1. The van der Waals surface area contributed by atoms with Crippen molar-refractivity contribution in [3.63, 3.8) is 0 Å². The first kappa shape index (κ1) is 23.9. The van der Waals surface area contributed by atoms with Crippen LogP contribution >= 0.6 is 0 Å². The summed E-state index contributed by atoms with van der Waals surface area (Å²) < 4.78 is -0.131. The standard InChI is InChI=1S/C27H38N4O2/c1-22(2)26(32)29-25(23-8-4-3-5-9-23)11-16-30-17-12-27(13-18-30)14-19-31(33,21-27)20-24-10-6-7-15-28-24/h3-10,15,22,25H,11-14,16-21H2,1-2H3,(H,29,32)/t25-,31?/m0/s1. The summed E-state index contributed by atoms with van der Waals surface area (Å²) >= 11 is 0. The summed E-state index contributed by atoms with van der Waals surface area (Å²) in [4.78, 5) is 19.3. The van der Waals surface area contributed by atoms with Gasteiger partial charge in [0.1, 0.15) is 6.54 Å². The van der Waals surface area contributed by atoms with Gasteiger partial charge < -0.3 is 20.1 Å². The lowest BCUT2D eigenvalue weighted by atomic mass is 9.77. The summed E-state index contributed by atoms with van der Waals surface area (Å²) in [6.45, 7) is 8.80. The first-order valence-corrected chi connectivity index (χ1v) is 12.4. The largest absolute Gasteiger partial charge is 0.632 e. The van der Waals surface area contributed by atoms with Crippen LogP contribution < -0.4 is 5.32 Å². The third-order valence-corrected chi connectivity index (χ3v) is 7.54. The van der Waals surface area contributed by atoms with E-state index in [4.69, 9.17) is 0 Å². The fourth-order valence-corrected chi connectivity index (χ4v) is 5.45. The third kappa shape index (κ3) is 6.19. The van der Waals surface area contributed by atoms with Gasteiger partial charge in [0, 0.05) is 30.5 Å². The van der Waals surface area contributed by atoms with E-state index in [1.165, 1.54) is 5.56 Å². The zero-order valence-corrected chi connectivity index (χ0v) is 20.1. The van der Waals surface area contributed by atoms with Crippen LogP contribution in [0.15, 0.2) is 54.7 Å². The van der Waals surface area contributed by atoms with Crippen molar-refractivity contribution in [1.82, 2.24) is 15.2 Å². The summed E-state index contributed by atoms with van der Waals surface area (Å²) in [5.41, 5.74) is 2.24. The van der Waals surface area contributed by atoms with E-state index < -0.39 is 0 Å². The second kappa shape index (κ2) is 10.3. The molecule has 1 unspecified atom stereocenters. The van der Waals surface area contributed by atoms with Gasteiger partial charge in [0.2, 0.25) is 5.91 Å². The van der Waals surface area contributed by atoms with E-state index in [0.717, 1.165) is 51.0 Å². The smallest absolute Gasteiger partial charge is 0.223 e. The number of rotatable bonds is 8. The molecule has 2 fully saturated rings. The molecule has 6 heteroatoms. The number of carbonyl (C=O) groups is 1. The Kier molecular flexibility index (Phi) is 7.47. The molecule has 2 saturated heterocycles. The SMILES string of the molecule is CC(C)C(=O)N[C@@H](CCN1CCC2(CC1)CC[N+]([O-])(Cc1ccccn1)C2)c1ccccc1. The quantitative estimate of drug-likeness (QED) is 0.481. The van der Waals surface area contributed by atoms with Crippen molar-refractivity contribution in [2.24, 2.45) is 11.3 Å². The molecule has 2 aromatic rings. The number of quaternary nitrogens is 1. The van der Waals surface area contributed by atoms with Crippen molar-refractivity contribution >= 4 is 5.91 Å². The zero-order valence-electron chi connectivity index (χ0n) is 20.1. The average Bonchev–Trinajstić information content (AvgIpc) is 3.14. The third-order valence-electron chi connectivity index (χ3n) is 7.54. The normalized spacial score (nSPS) is 23.6. The summed E-state index contributed by atoms with van der Waals surface area (Å²) in [5, 5.41) is 16.6. The second-order valence-corrected chi connectivity index (χ2v) is 10.4. The van der Waals surface area contributed by atoms with Gasteiger partial charge in [0.25, 0.3) is 0 Å². The van der Waals surface area contributed by atoms with Crippen molar-refractivity contribution in [2.45, 2.75) is 52.1 Å². The molecule has 0 aliphatic carbocycles. The molecule has 2 aliphatic rings. The van der Waals surface area contributed by atoms with Crippen molar-refractivity contribution in [2.75, 3.05) is 32.7 Å². The molecule has 1 aromatic carbocycles. The molecular formula is C27H38N4O2. The molecule has 1 aromatic heterocycles. The molecule has 0 saturated carbocycles. The highest BCUT2D eigenvalue weighted by atomic mass is 16.5. The summed E-state index contributed by atoms with van der Waals surface area (Å²) in [6, 6.07) is 16.1. The molecule has 0 bridgehead atoms. The number of aromatic nitrogens is 1. The van der Waals surface area contributed by atoms with Crippen LogP contribution in [0.1, 0.15) is 56.8 Å². The minimum absolute atomic E-state index is 0.0232. The lowest BCUT2D eigenvalue weighted by Gasteiger charge is -2.43. The van der Waals surface area contributed by atoms with Crippen LogP contribution in [-0.2, 0) is 11.3 Å². The molecule has 33 heavy (non-hydrogen) atoms. The zero-order chi connectivity index (χ0) is 23.3. The fourth-order valence-electron chi connectivity index (χ4n) is 5.45. The van der Waals surface area contributed by atoms with Crippen molar-refractivity contribution < 1.29 is 9.44 Å². The molecule has 1 N–H and O–H groups in total. The van der Waals surface area contributed by atoms with E-state index in [9.17, 15) is 10.0 Å². The van der Waals surface area contributed by atoms with E-state index in [2.05, 4.69) is 27.3 Å². The molecule has 178 valence electrons.